The molecule has 0 unspecified atom stereocenters. The van der Waals surface area contributed by atoms with Gasteiger partial charge in [0.15, 0.2) is 19.7 Å². The Kier molecular flexibility index (Phi) is 16.3. The van der Waals surface area contributed by atoms with E-state index in [2.05, 4.69) is 51.3 Å². The average Bonchev–Trinajstić information content (AvgIpc) is 1.70. The summed E-state index contributed by atoms with van der Waals surface area (Å²) in [6, 6.07) is 73.5. The standard InChI is InChI=1S/C37H33FN4O3S.C33H25ClFN3O2S/c1-46(43,44)26-28-23-32-34(25-33(28)38)42(40-36(32)27-17-18-39-35(24-27)41-19-21-45-22-20-41)37(29-11-5-2-6-12-29,30-13-7-3-8-14-30)31-15-9-4-10-16-31;1-41(39,40)22-24-19-28-30(21-29(24)35)38(37-32(28)23-17-18-36-31(34)20-23)33(25-11-5-2-6-12-25,26-13-7-3-8-14-26)27-15-9-4-10-16-27/h2-18,23-25H,19-22,26H2,1H3;2-21H,22H2,1H3. The summed E-state index contributed by atoms with van der Waals surface area (Å²) in [5.41, 5.74) is 7.36. The molecule has 13 rings (SSSR count). The van der Waals surface area contributed by atoms with E-state index in [9.17, 15) is 16.8 Å². The van der Waals surface area contributed by atoms with Crippen LogP contribution in [-0.4, -0.2) is 85.2 Å². The number of halogens is 3. The van der Waals surface area contributed by atoms with Crippen molar-refractivity contribution in [2.24, 2.45) is 0 Å². The Balaban J connectivity index is 0.000000171. The first-order chi connectivity index (χ1) is 42.1. The van der Waals surface area contributed by atoms with Crippen molar-refractivity contribution in [2.45, 2.75) is 22.6 Å². The highest BCUT2D eigenvalue weighted by atomic mass is 35.5. The van der Waals surface area contributed by atoms with Gasteiger partial charge in [-0.05, 0) is 69.8 Å². The van der Waals surface area contributed by atoms with Crippen molar-refractivity contribution in [3.8, 4) is 22.5 Å². The second-order valence-corrected chi connectivity index (χ2v) is 26.2. The van der Waals surface area contributed by atoms with Crippen LogP contribution in [0, 0.1) is 11.6 Å². The number of sulfone groups is 2. The first kappa shape index (κ1) is 58.2. The number of morpholine rings is 1. The largest absolute Gasteiger partial charge is 0.378 e. The van der Waals surface area contributed by atoms with Gasteiger partial charge in [-0.1, -0.05) is 194 Å². The van der Waals surface area contributed by atoms with E-state index in [1.165, 1.54) is 12.1 Å². The van der Waals surface area contributed by atoms with E-state index in [4.69, 9.17) is 26.5 Å². The molecule has 1 aliphatic rings. The van der Waals surface area contributed by atoms with E-state index in [1.807, 2.05) is 167 Å². The molecule has 0 amide bonds. The van der Waals surface area contributed by atoms with Gasteiger partial charge >= 0.3 is 0 Å². The number of ether oxygens (including phenoxy) is 1. The molecule has 17 heteroatoms. The molecule has 0 saturated carbocycles. The van der Waals surface area contributed by atoms with Gasteiger partial charge in [-0.15, -0.1) is 0 Å². The Labute approximate surface area is 508 Å². The third-order valence-electron chi connectivity index (χ3n) is 15.7. The van der Waals surface area contributed by atoms with Crippen molar-refractivity contribution in [1.82, 2.24) is 29.5 Å². The van der Waals surface area contributed by atoms with Gasteiger partial charge in [-0.25, -0.2) is 44.9 Å². The molecule has 87 heavy (non-hydrogen) atoms. The van der Waals surface area contributed by atoms with Crippen LogP contribution in [0.5, 0.6) is 0 Å². The van der Waals surface area contributed by atoms with Gasteiger partial charge in [-0.3, -0.25) is 0 Å². The van der Waals surface area contributed by atoms with Crippen LogP contribution in [0.2, 0.25) is 5.15 Å². The number of hydrogen-bond acceptors (Lipinski definition) is 10. The highest BCUT2D eigenvalue weighted by Crippen LogP contribution is 2.47. The number of anilines is 1. The van der Waals surface area contributed by atoms with E-state index in [0.717, 1.165) is 57.3 Å². The second kappa shape index (κ2) is 24.3. The maximum atomic E-state index is 16.0. The molecule has 436 valence electrons. The van der Waals surface area contributed by atoms with Gasteiger partial charge < -0.3 is 9.64 Å². The van der Waals surface area contributed by atoms with Gasteiger partial charge in [0.1, 0.15) is 45.1 Å². The first-order valence-corrected chi connectivity index (χ1v) is 32.6. The Hall–Kier alpha value is -9.19. The van der Waals surface area contributed by atoms with Gasteiger partial charge in [0.25, 0.3) is 0 Å². The molecule has 5 heterocycles. The Morgan fingerprint density at radius 2 is 0.793 bits per heavy atom. The Morgan fingerprint density at radius 3 is 1.13 bits per heavy atom. The maximum absolute atomic E-state index is 16.0. The zero-order chi connectivity index (χ0) is 60.3. The summed E-state index contributed by atoms with van der Waals surface area (Å²) in [6.45, 7) is 2.67. The fourth-order valence-corrected chi connectivity index (χ4v) is 13.7. The van der Waals surface area contributed by atoms with Gasteiger partial charge in [-0.2, -0.15) is 10.2 Å². The number of rotatable bonds is 15. The van der Waals surface area contributed by atoms with Gasteiger partial charge in [0.05, 0.1) is 35.8 Å². The first-order valence-electron chi connectivity index (χ1n) is 28.1. The van der Waals surface area contributed by atoms with E-state index < -0.39 is 53.9 Å². The molecular formula is C70H58ClF2N7O5S2. The minimum atomic E-state index is -3.51. The third kappa shape index (κ3) is 11.6. The minimum absolute atomic E-state index is 0.0747. The lowest BCUT2D eigenvalue weighted by Gasteiger charge is -2.37. The number of nitrogens with zero attached hydrogens (tertiary/aromatic N) is 7. The molecule has 0 bridgehead atoms. The molecule has 1 aliphatic heterocycles. The molecule has 0 atom stereocenters. The maximum Gasteiger partial charge on any atom is 0.151 e. The van der Waals surface area contributed by atoms with Crippen LogP contribution in [-0.2, 0) is 47.0 Å². The fourth-order valence-electron chi connectivity index (χ4n) is 12.0. The topological polar surface area (TPSA) is 142 Å². The van der Waals surface area contributed by atoms with Gasteiger partial charge in [0.2, 0.25) is 0 Å². The fraction of sp³-hybridized carbons (Fsp3) is 0.143. The molecule has 1 fully saturated rings. The van der Waals surface area contributed by atoms with Crippen molar-refractivity contribution in [2.75, 3.05) is 43.7 Å². The van der Waals surface area contributed by atoms with E-state index in [0.29, 0.717) is 65.1 Å². The normalized spacial score (nSPS) is 13.1. The number of fused-ring (bicyclic) bond motifs is 2. The third-order valence-corrected chi connectivity index (χ3v) is 17.5. The van der Waals surface area contributed by atoms with E-state index in [1.54, 1.807) is 36.7 Å². The number of aromatic nitrogens is 6. The van der Waals surface area contributed by atoms with Crippen LogP contribution >= 0.6 is 11.6 Å². The summed E-state index contributed by atoms with van der Waals surface area (Å²) in [6.07, 6.45) is 5.55. The lowest BCUT2D eigenvalue weighted by molar-refractivity contribution is 0.122. The highest BCUT2D eigenvalue weighted by molar-refractivity contribution is 7.90. The average molecular weight is 1210 g/mol. The monoisotopic (exact) mass is 1210 g/mol. The van der Waals surface area contributed by atoms with Crippen molar-refractivity contribution in [3.05, 3.63) is 304 Å². The predicted molar refractivity (Wildman–Crippen MR) is 340 cm³/mol. The van der Waals surface area contributed by atoms with Gasteiger partial charge in [0, 0.05) is 83.2 Å². The van der Waals surface area contributed by atoms with Crippen LogP contribution in [0.4, 0.5) is 14.6 Å². The summed E-state index contributed by atoms with van der Waals surface area (Å²) in [5.74, 6) is -1.28. The van der Waals surface area contributed by atoms with Crippen LogP contribution in [0.3, 0.4) is 0 Å². The van der Waals surface area contributed by atoms with Crippen molar-refractivity contribution >= 4 is 58.9 Å². The molecule has 1 saturated heterocycles. The number of benzene rings is 8. The van der Waals surface area contributed by atoms with Crippen molar-refractivity contribution < 1.29 is 30.4 Å². The smallest absolute Gasteiger partial charge is 0.151 e. The molecule has 4 aromatic heterocycles. The van der Waals surface area contributed by atoms with E-state index in [-0.39, 0.29) is 16.3 Å². The van der Waals surface area contributed by atoms with Crippen molar-refractivity contribution in [3.63, 3.8) is 0 Å². The van der Waals surface area contributed by atoms with Crippen LogP contribution < -0.4 is 4.90 Å². The summed E-state index contributed by atoms with van der Waals surface area (Å²) in [4.78, 5) is 10.9. The Bertz CT molecular complexity index is 4460. The zero-order valence-electron chi connectivity index (χ0n) is 47.5. The molecule has 12 nitrogen and oxygen atoms in total. The summed E-state index contributed by atoms with van der Waals surface area (Å²) in [7, 11) is -7.01. The molecule has 0 radical (unpaired) electrons. The predicted octanol–water partition coefficient (Wildman–Crippen LogP) is 13.7. The lowest BCUT2D eigenvalue weighted by Crippen LogP contribution is -2.38. The zero-order valence-corrected chi connectivity index (χ0v) is 49.8. The molecule has 8 aromatic carbocycles. The minimum Gasteiger partial charge on any atom is -0.378 e. The van der Waals surface area contributed by atoms with Crippen LogP contribution in [0.25, 0.3) is 44.3 Å². The quantitative estimate of drug-likeness (QED) is 0.0719. The highest BCUT2D eigenvalue weighted by Gasteiger charge is 2.43. The second-order valence-electron chi connectivity index (χ2n) is 21.6. The molecule has 12 aromatic rings. The SMILES string of the molecule is CS(=O)(=O)Cc1cc2c(-c3ccnc(Cl)c3)nn(C(c3ccccc3)(c3ccccc3)c3ccccc3)c2cc1F.CS(=O)(=O)Cc1cc2c(-c3ccnc(N4CCOCC4)c3)nn(C(c3ccccc3)(c3ccccc3)c3ccccc3)c2cc1F. The number of pyridine rings is 2. The summed E-state index contributed by atoms with van der Waals surface area (Å²) >= 11 is 6.29. The lowest BCUT2D eigenvalue weighted by atomic mass is 9.77. The molecule has 0 spiro atoms. The van der Waals surface area contributed by atoms with Crippen LogP contribution in [0.1, 0.15) is 44.5 Å². The van der Waals surface area contributed by atoms with E-state index >= 15 is 8.78 Å². The Morgan fingerprint density at radius 1 is 0.460 bits per heavy atom. The molecule has 0 aliphatic carbocycles. The summed E-state index contributed by atoms with van der Waals surface area (Å²) < 4.78 is 90.2. The van der Waals surface area contributed by atoms with Crippen molar-refractivity contribution in [1.29, 1.82) is 0 Å². The number of hydrogen-bond donors (Lipinski definition) is 0. The molecular weight excluding hydrogens is 1160 g/mol. The molecule has 0 N–H and O–H groups in total. The van der Waals surface area contributed by atoms with Crippen LogP contribution in [0.15, 0.2) is 243 Å². The summed E-state index contributed by atoms with van der Waals surface area (Å²) in [5, 5.41) is 12.1.